The van der Waals surface area contributed by atoms with Crippen LogP contribution in [0.1, 0.15) is 34.8 Å². The number of carbonyl (C=O) groups is 3. The van der Waals surface area contributed by atoms with Crippen molar-refractivity contribution < 1.29 is 19.5 Å². The van der Waals surface area contributed by atoms with E-state index in [1.54, 1.807) is 4.90 Å². The van der Waals surface area contributed by atoms with Gasteiger partial charge in [-0.05, 0) is 13.8 Å². The minimum absolute atomic E-state index is 0.0369. The fraction of sp³-hybridized carbons (Fsp3) is 0.500. The average molecular weight is 338 g/mol. The zero-order chi connectivity index (χ0) is 17.0. The Morgan fingerprint density at radius 1 is 1.26 bits per heavy atom. The van der Waals surface area contributed by atoms with Gasteiger partial charge < -0.3 is 14.9 Å². The Hall–Kier alpha value is -2.16. The highest BCUT2D eigenvalue weighted by atomic mass is 32.2. The first-order valence-electron chi connectivity index (χ1n) is 7.22. The van der Waals surface area contributed by atoms with Crippen LogP contribution in [0.4, 0.5) is 0 Å². The third kappa shape index (κ3) is 3.61. The summed E-state index contributed by atoms with van der Waals surface area (Å²) in [4.78, 5) is 46.5. The van der Waals surface area contributed by atoms with Crippen molar-refractivity contribution in [1.29, 1.82) is 0 Å². The number of carboxylic acids is 1. The van der Waals surface area contributed by atoms with Crippen LogP contribution in [0.15, 0.2) is 12.4 Å². The summed E-state index contributed by atoms with van der Waals surface area (Å²) in [7, 11) is 0. The summed E-state index contributed by atoms with van der Waals surface area (Å²) in [5.74, 6) is -0.753. The lowest BCUT2D eigenvalue weighted by Gasteiger charge is -2.28. The summed E-state index contributed by atoms with van der Waals surface area (Å²) in [5.41, 5.74) is -0.192. The molecule has 2 amide bonds. The molecule has 0 bridgehead atoms. The number of likely N-dealkylation sites (N-methyl/N-ethyl adjacent to an activating group) is 1. The van der Waals surface area contributed by atoms with Crippen LogP contribution < -0.4 is 0 Å². The minimum Gasteiger partial charge on any atom is -0.476 e. The lowest BCUT2D eigenvalue weighted by Crippen LogP contribution is -2.49. The summed E-state index contributed by atoms with van der Waals surface area (Å²) in [6.45, 7) is 4.97. The molecule has 1 aromatic heterocycles. The highest BCUT2D eigenvalue weighted by molar-refractivity contribution is 7.99. The molecule has 0 spiro atoms. The van der Waals surface area contributed by atoms with E-state index < -0.39 is 17.9 Å². The molecule has 1 aromatic rings. The smallest absolute Gasteiger partial charge is 0.356 e. The van der Waals surface area contributed by atoms with Crippen LogP contribution >= 0.6 is 11.8 Å². The summed E-state index contributed by atoms with van der Waals surface area (Å²) in [5, 5.41) is 8.80. The third-order valence-electron chi connectivity index (χ3n) is 3.59. The van der Waals surface area contributed by atoms with Gasteiger partial charge in [-0.15, -0.1) is 11.8 Å². The second-order valence-corrected chi connectivity index (χ2v) is 5.89. The Kier molecular flexibility index (Phi) is 5.54. The second kappa shape index (κ2) is 7.40. The molecule has 0 aliphatic carbocycles. The lowest BCUT2D eigenvalue weighted by molar-refractivity contribution is -0.134. The Bertz CT molecular complexity index is 603. The van der Waals surface area contributed by atoms with Crippen molar-refractivity contribution in [3.63, 3.8) is 0 Å². The van der Waals surface area contributed by atoms with Gasteiger partial charge in [-0.2, -0.15) is 0 Å². The van der Waals surface area contributed by atoms with E-state index in [1.165, 1.54) is 16.7 Å². The van der Waals surface area contributed by atoms with Crippen LogP contribution in [-0.2, 0) is 4.79 Å². The first-order chi connectivity index (χ1) is 11.0. The largest absolute Gasteiger partial charge is 0.476 e. The van der Waals surface area contributed by atoms with Crippen LogP contribution in [0.3, 0.4) is 0 Å². The second-order valence-electron chi connectivity index (χ2n) is 4.89. The molecule has 0 radical (unpaired) electrons. The van der Waals surface area contributed by atoms with Crippen molar-refractivity contribution in [3.8, 4) is 0 Å². The maximum absolute atomic E-state index is 12.5. The number of rotatable bonds is 5. The van der Waals surface area contributed by atoms with Crippen LogP contribution in [0, 0.1) is 0 Å². The van der Waals surface area contributed by atoms with Gasteiger partial charge in [0.05, 0.1) is 18.3 Å². The number of aromatic nitrogens is 2. The van der Waals surface area contributed by atoms with Crippen molar-refractivity contribution in [2.75, 3.05) is 24.7 Å². The summed E-state index contributed by atoms with van der Waals surface area (Å²) in [6, 6.07) is -0.520. The van der Waals surface area contributed by atoms with E-state index >= 15 is 0 Å². The maximum Gasteiger partial charge on any atom is 0.356 e. The van der Waals surface area contributed by atoms with Gasteiger partial charge >= 0.3 is 5.97 Å². The quantitative estimate of drug-likeness (QED) is 0.836. The van der Waals surface area contributed by atoms with Crippen LogP contribution in [-0.4, -0.2) is 73.4 Å². The van der Waals surface area contributed by atoms with Gasteiger partial charge in [0.25, 0.3) is 5.91 Å². The molecule has 1 unspecified atom stereocenters. The summed E-state index contributed by atoms with van der Waals surface area (Å²) >= 11 is 1.50. The summed E-state index contributed by atoms with van der Waals surface area (Å²) in [6.07, 6.45) is 2.17. The number of hydrogen-bond donors (Lipinski definition) is 1. The molecule has 8 nitrogen and oxygen atoms in total. The van der Waals surface area contributed by atoms with Crippen LogP contribution in [0.2, 0.25) is 0 Å². The number of thioether (sulfide) groups is 1. The average Bonchev–Trinajstić information content (AvgIpc) is 3.04. The molecule has 1 aliphatic heterocycles. The van der Waals surface area contributed by atoms with Gasteiger partial charge in [0.1, 0.15) is 11.7 Å². The lowest BCUT2D eigenvalue weighted by atomic mass is 10.2. The van der Waals surface area contributed by atoms with E-state index in [0.717, 1.165) is 12.4 Å². The molecule has 2 rings (SSSR count). The van der Waals surface area contributed by atoms with E-state index in [2.05, 4.69) is 9.97 Å². The number of carboxylic acid groups (broad SMARTS) is 1. The Morgan fingerprint density at radius 3 is 2.39 bits per heavy atom. The molecule has 0 aromatic carbocycles. The van der Waals surface area contributed by atoms with Crippen LogP contribution in [0.5, 0.6) is 0 Å². The molecule has 1 N–H and O–H groups in total. The molecule has 1 atom stereocenters. The third-order valence-corrected chi connectivity index (χ3v) is 4.61. The van der Waals surface area contributed by atoms with Crippen molar-refractivity contribution in [2.45, 2.75) is 19.9 Å². The topological polar surface area (TPSA) is 104 Å². The highest BCUT2D eigenvalue weighted by Gasteiger charge is 2.37. The zero-order valence-corrected chi connectivity index (χ0v) is 13.7. The zero-order valence-electron chi connectivity index (χ0n) is 12.9. The number of amides is 2. The molecule has 1 fully saturated rings. The van der Waals surface area contributed by atoms with Crippen molar-refractivity contribution in [1.82, 2.24) is 19.8 Å². The minimum atomic E-state index is -1.21. The SMILES string of the molecule is CCN(CC)C(=O)C1CSCN1C(=O)c1cnc(C(=O)O)cn1. The standard InChI is InChI=1S/C14H18N4O4S/c1-3-17(4-2)13(20)11-7-23-8-18(11)12(19)9-5-16-10(6-15-9)14(21)22/h5-6,11H,3-4,7-8H2,1-2H3,(H,21,22). The fourth-order valence-corrected chi connectivity index (χ4v) is 3.43. The van der Waals surface area contributed by atoms with E-state index in [9.17, 15) is 14.4 Å². The molecule has 9 heteroatoms. The fourth-order valence-electron chi connectivity index (χ4n) is 2.29. The molecule has 2 heterocycles. The Balaban J connectivity index is 2.17. The molecular formula is C14H18N4O4S. The molecular weight excluding hydrogens is 320 g/mol. The van der Waals surface area contributed by atoms with Gasteiger partial charge in [0.15, 0.2) is 5.69 Å². The predicted octanol–water partition coefficient (Wildman–Crippen LogP) is 0.558. The van der Waals surface area contributed by atoms with E-state index in [0.29, 0.717) is 24.7 Å². The summed E-state index contributed by atoms with van der Waals surface area (Å²) < 4.78 is 0. The molecule has 1 saturated heterocycles. The van der Waals surface area contributed by atoms with Gasteiger partial charge in [0.2, 0.25) is 5.91 Å². The Labute approximate surface area is 137 Å². The molecule has 0 saturated carbocycles. The maximum atomic E-state index is 12.5. The normalized spacial score (nSPS) is 17.1. The first-order valence-corrected chi connectivity index (χ1v) is 8.37. The van der Waals surface area contributed by atoms with E-state index in [-0.39, 0.29) is 17.3 Å². The Morgan fingerprint density at radius 2 is 1.87 bits per heavy atom. The number of aromatic carboxylic acids is 1. The van der Waals surface area contributed by atoms with Gasteiger partial charge in [-0.3, -0.25) is 9.59 Å². The number of nitrogens with zero attached hydrogens (tertiary/aromatic N) is 4. The monoisotopic (exact) mass is 338 g/mol. The highest BCUT2D eigenvalue weighted by Crippen LogP contribution is 2.24. The van der Waals surface area contributed by atoms with Crippen molar-refractivity contribution in [3.05, 3.63) is 23.8 Å². The predicted molar refractivity (Wildman–Crippen MR) is 84.2 cm³/mol. The molecule has 124 valence electrons. The van der Waals surface area contributed by atoms with Crippen molar-refractivity contribution >= 4 is 29.5 Å². The van der Waals surface area contributed by atoms with Gasteiger partial charge in [0, 0.05) is 18.8 Å². The van der Waals surface area contributed by atoms with Crippen LogP contribution in [0.25, 0.3) is 0 Å². The molecule has 23 heavy (non-hydrogen) atoms. The van der Waals surface area contributed by atoms with Gasteiger partial charge in [-0.25, -0.2) is 14.8 Å². The van der Waals surface area contributed by atoms with E-state index in [4.69, 9.17) is 5.11 Å². The first kappa shape index (κ1) is 17.2. The van der Waals surface area contributed by atoms with E-state index in [1.807, 2.05) is 13.8 Å². The van der Waals surface area contributed by atoms with Crippen molar-refractivity contribution in [2.24, 2.45) is 0 Å². The molecule has 1 aliphatic rings. The van der Waals surface area contributed by atoms with Gasteiger partial charge in [-0.1, -0.05) is 0 Å². The number of hydrogen-bond acceptors (Lipinski definition) is 6. The number of carbonyl (C=O) groups excluding carboxylic acids is 2.